The predicted octanol–water partition coefficient (Wildman–Crippen LogP) is 4.08. The standard InChI is InChI=1S/C22H27ClN4O/c1-17(26-13-11-25(2)12-14-26)22-24-19-8-4-5-9-20(19)27(22)15-16-28-21-10-6-3-7-18(21)23/h3-10,17H,11-16H2,1-2H3. The number of halogens is 1. The molecule has 1 atom stereocenters. The highest BCUT2D eigenvalue weighted by Gasteiger charge is 2.25. The van der Waals surface area contributed by atoms with Crippen molar-refractivity contribution in [3.63, 3.8) is 0 Å². The Bertz CT molecular complexity index is 933. The van der Waals surface area contributed by atoms with E-state index in [9.17, 15) is 0 Å². The molecular weight excluding hydrogens is 372 g/mol. The number of likely N-dealkylation sites (N-methyl/N-ethyl adjacent to an activating group) is 1. The van der Waals surface area contributed by atoms with Crippen LogP contribution in [0.15, 0.2) is 48.5 Å². The Labute approximate surface area is 171 Å². The van der Waals surface area contributed by atoms with E-state index < -0.39 is 0 Å². The second kappa shape index (κ2) is 8.52. The minimum atomic E-state index is 0.265. The van der Waals surface area contributed by atoms with Gasteiger partial charge in [-0.05, 0) is 38.2 Å². The number of ether oxygens (including phenoxy) is 1. The van der Waals surface area contributed by atoms with Crippen molar-refractivity contribution in [3.8, 4) is 5.75 Å². The maximum Gasteiger partial charge on any atom is 0.137 e. The lowest BCUT2D eigenvalue weighted by atomic mass is 10.2. The van der Waals surface area contributed by atoms with Crippen LogP contribution in [0, 0.1) is 0 Å². The summed E-state index contributed by atoms with van der Waals surface area (Å²) in [5.41, 5.74) is 2.19. The van der Waals surface area contributed by atoms with Crippen LogP contribution < -0.4 is 4.74 Å². The number of fused-ring (bicyclic) bond motifs is 1. The number of hydrogen-bond acceptors (Lipinski definition) is 4. The van der Waals surface area contributed by atoms with E-state index in [-0.39, 0.29) is 6.04 Å². The van der Waals surface area contributed by atoms with Gasteiger partial charge in [0, 0.05) is 26.2 Å². The Hall–Kier alpha value is -2.08. The van der Waals surface area contributed by atoms with Gasteiger partial charge in [0.05, 0.1) is 28.6 Å². The summed E-state index contributed by atoms with van der Waals surface area (Å²) in [5, 5.41) is 0.643. The van der Waals surface area contributed by atoms with E-state index >= 15 is 0 Å². The van der Waals surface area contributed by atoms with Crippen molar-refractivity contribution in [2.24, 2.45) is 0 Å². The van der Waals surface area contributed by atoms with E-state index in [2.05, 4.69) is 46.5 Å². The molecule has 1 fully saturated rings. The highest BCUT2D eigenvalue weighted by Crippen LogP contribution is 2.27. The van der Waals surface area contributed by atoms with Crippen LogP contribution in [-0.4, -0.2) is 59.2 Å². The zero-order valence-electron chi connectivity index (χ0n) is 16.5. The van der Waals surface area contributed by atoms with Gasteiger partial charge in [-0.15, -0.1) is 0 Å². The first kappa shape index (κ1) is 19.2. The quantitative estimate of drug-likeness (QED) is 0.626. The average Bonchev–Trinajstić information content (AvgIpc) is 3.08. The lowest BCUT2D eigenvalue weighted by Crippen LogP contribution is -2.45. The Kier molecular flexibility index (Phi) is 5.85. The maximum atomic E-state index is 6.22. The predicted molar refractivity (Wildman–Crippen MR) is 114 cm³/mol. The molecule has 1 aliphatic heterocycles. The number of imidazole rings is 1. The molecule has 1 unspecified atom stereocenters. The first-order valence-electron chi connectivity index (χ1n) is 9.88. The summed E-state index contributed by atoms with van der Waals surface area (Å²) in [7, 11) is 2.18. The lowest BCUT2D eigenvalue weighted by molar-refractivity contribution is 0.113. The number of piperazine rings is 1. The summed E-state index contributed by atoms with van der Waals surface area (Å²) >= 11 is 6.22. The fraction of sp³-hybridized carbons (Fsp3) is 0.409. The van der Waals surface area contributed by atoms with Gasteiger partial charge in [-0.2, -0.15) is 0 Å². The Balaban J connectivity index is 1.56. The number of aromatic nitrogens is 2. The van der Waals surface area contributed by atoms with Gasteiger partial charge in [-0.1, -0.05) is 35.9 Å². The maximum absolute atomic E-state index is 6.22. The van der Waals surface area contributed by atoms with Crippen molar-refractivity contribution < 1.29 is 4.74 Å². The summed E-state index contributed by atoms with van der Waals surface area (Å²) in [5.74, 6) is 1.83. The van der Waals surface area contributed by atoms with E-state index in [1.807, 2.05) is 30.3 Å². The van der Waals surface area contributed by atoms with Crippen molar-refractivity contribution in [2.75, 3.05) is 39.8 Å². The molecule has 0 N–H and O–H groups in total. The molecule has 5 nitrogen and oxygen atoms in total. The van der Waals surface area contributed by atoms with Crippen LogP contribution in [0.4, 0.5) is 0 Å². The molecule has 1 aromatic heterocycles. The highest BCUT2D eigenvalue weighted by molar-refractivity contribution is 6.32. The van der Waals surface area contributed by atoms with Crippen LogP contribution in [0.1, 0.15) is 18.8 Å². The third-order valence-corrected chi connectivity index (χ3v) is 5.86. The SMILES string of the molecule is CC(c1nc2ccccc2n1CCOc1ccccc1Cl)N1CCN(C)CC1. The monoisotopic (exact) mass is 398 g/mol. The molecule has 0 amide bonds. The summed E-state index contributed by atoms with van der Waals surface area (Å²) in [4.78, 5) is 9.88. The van der Waals surface area contributed by atoms with Crippen LogP contribution in [0.5, 0.6) is 5.75 Å². The Morgan fingerprint density at radius 3 is 2.54 bits per heavy atom. The molecule has 0 aliphatic carbocycles. The van der Waals surface area contributed by atoms with E-state index in [0.29, 0.717) is 11.6 Å². The first-order valence-corrected chi connectivity index (χ1v) is 10.3. The van der Waals surface area contributed by atoms with Gasteiger partial charge in [0.1, 0.15) is 18.2 Å². The molecular formula is C22H27ClN4O. The van der Waals surface area contributed by atoms with E-state index in [0.717, 1.165) is 55.3 Å². The van der Waals surface area contributed by atoms with Crippen molar-refractivity contribution in [2.45, 2.75) is 19.5 Å². The van der Waals surface area contributed by atoms with Crippen molar-refractivity contribution in [3.05, 3.63) is 59.4 Å². The summed E-state index contributed by atoms with van der Waals surface area (Å²) in [6.45, 7) is 7.87. The van der Waals surface area contributed by atoms with Crippen LogP contribution in [0.2, 0.25) is 5.02 Å². The van der Waals surface area contributed by atoms with Crippen LogP contribution >= 0.6 is 11.6 Å². The molecule has 2 heterocycles. The van der Waals surface area contributed by atoms with Crippen LogP contribution in [0.25, 0.3) is 11.0 Å². The molecule has 0 radical (unpaired) electrons. The molecule has 28 heavy (non-hydrogen) atoms. The largest absolute Gasteiger partial charge is 0.490 e. The number of rotatable bonds is 6. The molecule has 1 saturated heterocycles. The molecule has 0 saturated carbocycles. The molecule has 0 spiro atoms. The topological polar surface area (TPSA) is 33.5 Å². The lowest BCUT2D eigenvalue weighted by Gasteiger charge is -2.36. The second-order valence-corrected chi connectivity index (χ2v) is 7.81. The van der Waals surface area contributed by atoms with Crippen LogP contribution in [-0.2, 0) is 6.54 Å². The molecule has 4 rings (SSSR count). The number of benzene rings is 2. The minimum absolute atomic E-state index is 0.265. The normalized spacial score (nSPS) is 17.1. The number of para-hydroxylation sites is 3. The molecule has 1 aliphatic rings. The summed E-state index contributed by atoms with van der Waals surface area (Å²) in [6.07, 6.45) is 0. The average molecular weight is 399 g/mol. The van der Waals surface area contributed by atoms with Crippen LogP contribution in [0.3, 0.4) is 0 Å². The fourth-order valence-corrected chi connectivity index (χ4v) is 4.02. The highest BCUT2D eigenvalue weighted by atomic mass is 35.5. The number of nitrogens with zero attached hydrogens (tertiary/aromatic N) is 4. The minimum Gasteiger partial charge on any atom is -0.490 e. The van der Waals surface area contributed by atoms with Crippen molar-refractivity contribution in [1.82, 2.24) is 19.4 Å². The number of hydrogen-bond donors (Lipinski definition) is 0. The zero-order chi connectivity index (χ0) is 19.5. The first-order chi connectivity index (χ1) is 13.6. The molecule has 0 bridgehead atoms. The zero-order valence-corrected chi connectivity index (χ0v) is 17.3. The van der Waals surface area contributed by atoms with E-state index in [4.69, 9.17) is 21.3 Å². The van der Waals surface area contributed by atoms with Crippen molar-refractivity contribution in [1.29, 1.82) is 0 Å². The molecule has 2 aromatic carbocycles. The van der Waals surface area contributed by atoms with Gasteiger partial charge < -0.3 is 14.2 Å². The Morgan fingerprint density at radius 2 is 1.75 bits per heavy atom. The smallest absolute Gasteiger partial charge is 0.137 e. The fourth-order valence-electron chi connectivity index (χ4n) is 3.83. The van der Waals surface area contributed by atoms with Gasteiger partial charge in [-0.3, -0.25) is 4.90 Å². The van der Waals surface area contributed by atoms with E-state index in [1.54, 1.807) is 0 Å². The molecule has 6 heteroatoms. The summed E-state index contributed by atoms with van der Waals surface area (Å²) in [6, 6.07) is 16.2. The molecule has 3 aromatic rings. The van der Waals surface area contributed by atoms with Gasteiger partial charge in [-0.25, -0.2) is 4.98 Å². The summed E-state index contributed by atoms with van der Waals surface area (Å²) < 4.78 is 8.25. The molecule has 148 valence electrons. The third kappa shape index (κ3) is 4.02. The van der Waals surface area contributed by atoms with Gasteiger partial charge in [0.2, 0.25) is 0 Å². The van der Waals surface area contributed by atoms with Gasteiger partial charge in [0.25, 0.3) is 0 Å². The van der Waals surface area contributed by atoms with Gasteiger partial charge in [0.15, 0.2) is 0 Å². The van der Waals surface area contributed by atoms with E-state index in [1.165, 1.54) is 0 Å². The van der Waals surface area contributed by atoms with Crippen molar-refractivity contribution >= 4 is 22.6 Å². The third-order valence-electron chi connectivity index (χ3n) is 5.55. The second-order valence-electron chi connectivity index (χ2n) is 7.40. The van der Waals surface area contributed by atoms with Gasteiger partial charge >= 0.3 is 0 Å². The Morgan fingerprint density at radius 1 is 1.04 bits per heavy atom.